The molecule has 0 aliphatic rings. The van der Waals surface area contributed by atoms with Crippen LogP contribution in [0.25, 0.3) is 0 Å². The van der Waals surface area contributed by atoms with E-state index in [1.165, 1.54) is 0 Å². The number of aliphatic hydroxyl groups is 1. The van der Waals surface area contributed by atoms with Gasteiger partial charge in [-0.2, -0.15) is 0 Å². The molecule has 0 radical (unpaired) electrons. The number of carboxylic acids is 1. The number of rotatable bonds is 3. The summed E-state index contributed by atoms with van der Waals surface area (Å²) in [6.07, 6.45) is -1.19. The Morgan fingerprint density at radius 3 is 2.38 bits per heavy atom. The Hall–Kier alpha value is -1.61. The Balaban J connectivity index is 2.86. The van der Waals surface area contributed by atoms with Gasteiger partial charge in [0, 0.05) is 5.57 Å². The summed E-state index contributed by atoms with van der Waals surface area (Å²) in [4.78, 5) is 10.3. The summed E-state index contributed by atoms with van der Waals surface area (Å²) >= 11 is 0. The first-order valence-corrected chi connectivity index (χ1v) is 3.76. The molecular weight excluding hydrogens is 168 g/mol. The maximum absolute atomic E-state index is 10.3. The molecule has 0 bridgehead atoms. The highest BCUT2D eigenvalue weighted by atomic mass is 16.4. The van der Waals surface area contributed by atoms with Gasteiger partial charge in [0.05, 0.1) is 5.97 Å². The molecule has 3 nitrogen and oxygen atoms in total. The van der Waals surface area contributed by atoms with E-state index in [1.807, 2.05) is 0 Å². The second kappa shape index (κ2) is 3.87. The van der Waals surface area contributed by atoms with Gasteiger partial charge < -0.3 is 15.0 Å². The van der Waals surface area contributed by atoms with Crippen molar-refractivity contribution in [2.45, 2.75) is 6.10 Å². The Morgan fingerprint density at radius 2 is 1.92 bits per heavy atom. The molecule has 1 unspecified atom stereocenters. The van der Waals surface area contributed by atoms with Crippen LogP contribution in [-0.4, -0.2) is 11.1 Å². The van der Waals surface area contributed by atoms with Crippen molar-refractivity contribution in [3.63, 3.8) is 0 Å². The van der Waals surface area contributed by atoms with Gasteiger partial charge in [-0.3, -0.25) is 0 Å². The third-order valence-corrected chi connectivity index (χ3v) is 1.71. The van der Waals surface area contributed by atoms with Crippen molar-refractivity contribution < 1.29 is 15.0 Å². The Bertz CT molecular complexity index is 316. The van der Waals surface area contributed by atoms with Crippen LogP contribution >= 0.6 is 0 Å². The fourth-order valence-electron chi connectivity index (χ4n) is 0.948. The Kier molecular flexibility index (Phi) is 2.82. The van der Waals surface area contributed by atoms with Crippen molar-refractivity contribution in [1.82, 2.24) is 0 Å². The van der Waals surface area contributed by atoms with Crippen LogP contribution < -0.4 is 5.11 Å². The molecule has 1 aromatic rings. The summed E-state index contributed by atoms with van der Waals surface area (Å²) in [7, 11) is 0. The minimum absolute atomic E-state index is 0.328. The average molecular weight is 177 g/mol. The van der Waals surface area contributed by atoms with E-state index in [0.29, 0.717) is 5.56 Å². The Morgan fingerprint density at radius 1 is 1.38 bits per heavy atom. The maximum atomic E-state index is 10.3. The van der Waals surface area contributed by atoms with Crippen LogP contribution in [0.2, 0.25) is 0 Å². The lowest BCUT2D eigenvalue weighted by molar-refractivity contribution is -0.300. The summed E-state index contributed by atoms with van der Waals surface area (Å²) < 4.78 is 0. The topological polar surface area (TPSA) is 60.4 Å². The van der Waals surface area contributed by atoms with Gasteiger partial charge in [-0.25, -0.2) is 0 Å². The first-order chi connectivity index (χ1) is 6.13. The minimum atomic E-state index is -1.43. The van der Waals surface area contributed by atoms with Crippen LogP contribution in [-0.2, 0) is 4.79 Å². The predicted octanol–water partition coefficient (Wildman–Crippen LogP) is 0.0261. The molecule has 68 valence electrons. The van der Waals surface area contributed by atoms with E-state index in [1.54, 1.807) is 30.3 Å². The minimum Gasteiger partial charge on any atom is -0.545 e. The molecule has 0 saturated heterocycles. The van der Waals surface area contributed by atoms with Gasteiger partial charge in [-0.05, 0) is 5.56 Å². The van der Waals surface area contributed by atoms with E-state index < -0.39 is 12.1 Å². The maximum Gasteiger partial charge on any atom is 0.105 e. The molecule has 0 aliphatic carbocycles. The second-order valence-corrected chi connectivity index (χ2v) is 2.63. The molecule has 0 heterocycles. The predicted molar refractivity (Wildman–Crippen MR) is 45.5 cm³/mol. The molecule has 0 aliphatic heterocycles. The lowest BCUT2D eigenvalue weighted by Gasteiger charge is -2.14. The first kappa shape index (κ1) is 9.48. The number of hydrogen-bond donors (Lipinski definition) is 1. The second-order valence-electron chi connectivity index (χ2n) is 2.63. The summed E-state index contributed by atoms with van der Waals surface area (Å²) in [5.74, 6) is -1.43. The molecule has 1 atom stereocenters. The van der Waals surface area contributed by atoms with E-state index in [-0.39, 0.29) is 5.57 Å². The van der Waals surface area contributed by atoms with Crippen LogP contribution in [0, 0.1) is 0 Å². The number of aliphatic carboxylic acids is 1. The number of benzene rings is 1. The van der Waals surface area contributed by atoms with Crippen molar-refractivity contribution in [3.8, 4) is 0 Å². The van der Waals surface area contributed by atoms with Gasteiger partial charge in [0.1, 0.15) is 6.10 Å². The quantitative estimate of drug-likeness (QED) is 0.662. The molecule has 0 spiro atoms. The highest BCUT2D eigenvalue weighted by molar-refractivity contribution is 5.85. The summed E-state index contributed by atoms with van der Waals surface area (Å²) in [6, 6.07) is 8.44. The number of aliphatic hydroxyl groups excluding tert-OH is 1. The molecular formula is C10H9O3-. The molecule has 0 saturated carbocycles. The fourth-order valence-corrected chi connectivity index (χ4v) is 0.948. The monoisotopic (exact) mass is 177 g/mol. The SMILES string of the molecule is C=C(C(=O)[O-])C(O)c1ccccc1. The number of hydrogen-bond acceptors (Lipinski definition) is 3. The van der Waals surface area contributed by atoms with Crippen molar-refractivity contribution >= 4 is 5.97 Å². The standard InChI is InChI=1S/C10H10O3/c1-7(10(12)13)9(11)8-5-3-2-4-6-8/h2-6,9,11H,1H2,(H,12,13)/p-1. The molecule has 0 fully saturated rings. The van der Waals surface area contributed by atoms with Gasteiger partial charge in [0.2, 0.25) is 0 Å². The van der Waals surface area contributed by atoms with Crippen molar-refractivity contribution in [3.05, 3.63) is 48.0 Å². The average Bonchev–Trinajstić information content (AvgIpc) is 2.17. The smallest absolute Gasteiger partial charge is 0.105 e. The first-order valence-electron chi connectivity index (χ1n) is 3.76. The molecule has 1 rings (SSSR count). The van der Waals surface area contributed by atoms with Gasteiger partial charge >= 0.3 is 0 Å². The largest absolute Gasteiger partial charge is 0.545 e. The van der Waals surface area contributed by atoms with Gasteiger partial charge in [0.25, 0.3) is 0 Å². The van der Waals surface area contributed by atoms with E-state index in [2.05, 4.69) is 6.58 Å². The number of carbonyl (C=O) groups is 1. The molecule has 0 amide bonds. The highest BCUT2D eigenvalue weighted by Crippen LogP contribution is 2.18. The molecule has 0 aromatic heterocycles. The third-order valence-electron chi connectivity index (χ3n) is 1.71. The fraction of sp³-hybridized carbons (Fsp3) is 0.100. The zero-order valence-corrected chi connectivity index (χ0v) is 6.93. The van der Waals surface area contributed by atoms with Crippen LogP contribution in [0.3, 0.4) is 0 Å². The lowest BCUT2D eigenvalue weighted by atomic mass is 10.0. The van der Waals surface area contributed by atoms with Gasteiger partial charge in [0.15, 0.2) is 0 Å². The van der Waals surface area contributed by atoms with Gasteiger partial charge in [-0.1, -0.05) is 36.9 Å². The number of carbonyl (C=O) groups excluding carboxylic acids is 1. The van der Waals surface area contributed by atoms with Crippen LogP contribution in [0.1, 0.15) is 11.7 Å². The Labute approximate surface area is 76.0 Å². The molecule has 1 aromatic carbocycles. The molecule has 13 heavy (non-hydrogen) atoms. The van der Waals surface area contributed by atoms with E-state index in [4.69, 9.17) is 0 Å². The summed E-state index contributed by atoms with van der Waals surface area (Å²) in [5, 5.41) is 19.8. The van der Waals surface area contributed by atoms with Gasteiger partial charge in [-0.15, -0.1) is 0 Å². The van der Waals surface area contributed by atoms with E-state index in [0.717, 1.165) is 0 Å². The van der Waals surface area contributed by atoms with Crippen LogP contribution in [0.4, 0.5) is 0 Å². The van der Waals surface area contributed by atoms with Crippen LogP contribution in [0.5, 0.6) is 0 Å². The lowest BCUT2D eigenvalue weighted by Crippen LogP contribution is -2.27. The molecule has 3 heteroatoms. The normalized spacial score (nSPS) is 12.1. The van der Waals surface area contributed by atoms with E-state index >= 15 is 0 Å². The van der Waals surface area contributed by atoms with Crippen molar-refractivity contribution in [1.29, 1.82) is 0 Å². The van der Waals surface area contributed by atoms with Crippen molar-refractivity contribution in [2.75, 3.05) is 0 Å². The van der Waals surface area contributed by atoms with E-state index in [9.17, 15) is 15.0 Å². The number of carboxylic acid groups (broad SMARTS) is 1. The summed E-state index contributed by atoms with van der Waals surface area (Å²) in [5.41, 5.74) is 0.169. The zero-order chi connectivity index (χ0) is 9.84. The van der Waals surface area contributed by atoms with Crippen molar-refractivity contribution in [2.24, 2.45) is 0 Å². The van der Waals surface area contributed by atoms with Crippen LogP contribution in [0.15, 0.2) is 42.5 Å². The third kappa shape index (κ3) is 2.16. The summed E-state index contributed by atoms with van der Waals surface area (Å²) in [6.45, 7) is 3.22. The zero-order valence-electron chi connectivity index (χ0n) is 6.93. The highest BCUT2D eigenvalue weighted by Gasteiger charge is 2.10. The molecule has 1 N–H and O–H groups in total.